The number of aromatic amines is 1. The maximum atomic E-state index is 12.9. The predicted octanol–water partition coefficient (Wildman–Crippen LogP) is 6.23. The smallest absolute Gasteiger partial charge is 0.270 e. The first-order chi connectivity index (χ1) is 20.2. The first-order valence-corrected chi connectivity index (χ1v) is 15.3. The summed E-state index contributed by atoms with van der Waals surface area (Å²) in [6, 6.07) is 12.9. The molecule has 10 nitrogen and oxygen atoms in total. The van der Waals surface area contributed by atoms with E-state index in [9.17, 15) is 4.79 Å². The molecule has 1 unspecified atom stereocenters. The fraction of sp³-hybridized carbons (Fsp3) is 0.531. The Labute approximate surface area is 247 Å². The second kappa shape index (κ2) is 11.4. The molecule has 4 aromatic rings. The molecular weight excluding hydrogens is 528 g/mol. The third-order valence-corrected chi connectivity index (χ3v) is 9.21. The zero-order valence-electron chi connectivity index (χ0n) is 25.4. The minimum absolute atomic E-state index is 0.167. The number of anilines is 2. The third-order valence-electron chi connectivity index (χ3n) is 9.21. The molecule has 1 atom stereocenters. The van der Waals surface area contributed by atoms with Crippen LogP contribution < -0.4 is 15.0 Å². The number of amides is 1. The second-order valence-corrected chi connectivity index (χ2v) is 12.9. The SMILES string of the molecule is CCCOc1ccc2c(c1)nc(N(C1CCC(C(C)(C)C)CC1)C1CCc3cc(C(=O)Nc4nn[nH]n4)ccc31)n2C. The summed E-state index contributed by atoms with van der Waals surface area (Å²) < 4.78 is 8.18. The van der Waals surface area contributed by atoms with Crippen molar-refractivity contribution in [2.75, 3.05) is 16.8 Å². The van der Waals surface area contributed by atoms with Crippen LogP contribution in [0.4, 0.5) is 11.9 Å². The highest BCUT2D eigenvalue weighted by Gasteiger charge is 2.39. The summed E-state index contributed by atoms with van der Waals surface area (Å²) in [5, 5.41) is 16.3. The topological polar surface area (TPSA) is 114 Å². The van der Waals surface area contributed by atoms with E-state index in [1.807, 2.05) is 18.2 Å². The van der Waals surface area contributed by atoms with Gasteiger partial charge in [0.15, 0.2) is 0 Å². The van der Waals surface area contributed by atoms with Crippen molar-refractivity contribution >= 4 is 28.8 Å². The monoisotopic (exact) mass is 570 g/mol. The minimum atomic E-state index is -0.239. The van der Waals surface area contributed by atoms with Gasteiger partial charge in [0.2, 0.25) is 5.95 Å². The van der Waals surface area contributed by atoms with E-state index in [0.717, 1.165) is 60.8 Å². The number of fused-ring (bicyclic) bond motifs is 2. The molecule has 0 saturated heterocycles. The largest absolute Gasteiger partial charge is 0.494 e. The highest BCUT2D eigenvalue weighted by Crippen LogP contribution is 2.45. The van der Waals surface area contributed by atoms with Crippen molar-refractivity contribution in [2.24, 2.45) is 18.4 Å². The van der Waals surface area contributed by atoms with Crippen LogP contribution in [0.2, 0.25) is 0 Å². The average molecular weight is 571 g/mol. The summed E-state index contributed by atoms with van der Waals surface area (Å²) in [7, 11) is 2.13. The Morgan fingerprint density at radius 1 is 1.12 bits per heavy atom. The quantitative estimate of drug-likeness (QED) is 0.258. The molecule has 0 radical (unpaired) electrons. The van der Waals surface area contributed by atoms with Gasteiger partial charge in [0.25, 0.3) is 11.9 Å². The molecule has 10 heteroatoms. The van der Waals surface area contributed by atoms with Crippen molar-refractivity contribution in [1.82, 2.24) is 30.2 Å². The van der Waals surface area contributed by atoms with Gasteiger partial charge in [0.05, 0.1) is 23.7 Å². The standard InChI is InChI=1S/C32H42N8O2/c1-6-17-42-24-13-16-28-26(19-24)33-31(39(28)5)40(23-11-9-22(10-12-23)32(2,3)4)27-15-8-20-18-21(7-14-25(20)27)29(41)34-30-35-37-38-36-30/h7,13-14,16,18-19,22-23,27H,6,8-12,15,17H2,1-5H3,(H2,34,35,36,37,38,41). The summed E-state index contributed by atoms with van der Waals surface area (Å²) in [5.74, 6) is 2.53. The number of rotatable bonds is 8. The van der Waals surface area contributed by atoms with Gasteiger partial charge in [-0.2, -0.15) is 5.21 Å². The Bertz CT molecular complexity index is 1550. The van der Waals surface area contributed by atoms with Crippen LogP contribution in [0.25, 0.3) is 11.0 Å². The summed E-state index contributed by atoms with van der Waals surface area (Å²) >= 11 is 0. The number of benzene rings is 2. The molecule has 6 rings (SSSR count). The Morgan fingerprint density at radius 2 is 1.93 bits per heavy atom. The fourth-order valence-corrected chi connectivity index (χ4v) is 6.90. The number of imidazole rings is 1. The van der Waals surface area contributed by atoms with E-state index in [2.05, 4.69) is 88.3 Å². The molecule has 0 spiro atoms. The molecule has 2 heterocycles. The third kappa shape index (κ3) is 5.46. The van der Waals surface area contributed by atoms with Crippen LogP contribution in [0.1, 0.15) is 93.7 Å². The zero-order chi connectivity index (χ0) is 29.4. The van der Waals surface area contributed by atoms with E-state index in [1.54, 1.807) is 0 Å². The van der Waals surface area contributed by atoms with Gasteiger partial charge < -0.3 is 14.2 Å². The molecular formula is C32H42N8O2. The number of nitrogens with one attached hydrogen (secondary N) is 2. The van der Waals surface area contributed by atoms with Crippen LogP contribution in [0.5, 0.6) is 5.75 Å². The van der Waals surface area contributed by atoms with E-state index in [1.165, 1.54) is 24.0 Å². The van der Waals surface area contributed by atoms with Crippen LogP contribution in [-0.4, -0.2) is 48.7 Å². The molecule has 1 fully saturated rings. The first-order valence-electron chi connectivity index (χ1n) is 15.3. The van der Waals surface area contributed by atoms with Gasteiger partial charge in [-0.3, -0.25) is 10.1 Å². The molecule has 1 saturated carbocycles. The normalized spacial score (nSPS) is 20.5. The van der Waals surface area contributed by atoms with Crippen molar-refractivity contribution < 1.29 is 9.53 Å². The van der Waals surface area contributed by atoms with Gasteiger partial charge in [0.1, 0.15) is 5.75 Å². The molecule has 42 heavy (non-hydrogen) atoms. The van der Waals surface area contributed by atoms with Gasteiger partial charge in [-0.05, 0) is 96.9 Å². The van der Waals surface area contributed by atoms with E-state index in [0.29, 0.717) is 23.6 Å². The highest BCUT2D eigenvalue weighted by molar-refractivity contribution is 6.03. The number of carbonyl (C=O) groups is 1. The number of tetrazole rings is 1. The molecule has 0 aliphatic heterocycles. The van der Waals surface area contributed by atoms with Crippen LogP contribution in [-0.2, 0) is 13.5 Å². The number of ether oxygens (including phenoxy) is 1. The van der Waals surface area contributed by atoms with E-state index in [4.69, 9.17) is 9.72 Å². The van der Waals surface area contributed by atoms with Crippen molar-refractivity contribution in [3.8, 4) is 5.75 Å². The number of H-pyrrole nitrogens is 1. The fourth-order valence-electron chi connectivity index (χ4n) is 6.90. The Morgan fingerprint density at radius 3 is 2.64 bits per heavy atom. The molecule has 2 aliphatic rings. The van der Waals surface area contributed by atoms with Crippen LogP contribution >= 0.6 is 0 Å². The Hall–Kier alpha value is -3.95. The molecule has 2 N–H and O–H groups in total. The number of aryl methyl sites for hydroxylation is 2. The summed E-state index contributed by atoms with van der Waals surface area (Å²) in [6.07, 6.45) is 7.60. The lowest BCUT2D eigenvalue weighted by molar-refractivity contribution is 0.102. The van der Waals surface area contributed by atoms with Crippen molar-refractivity contribution in [1.29, 1.82) is 0 Å². The number of nitrogens with zero attached hydrogens (tertiary/aromatic N) is 6. The number of hydrogen-bond donors (Lipinski definition) is 2. The van der Waals surface area contributed by atoms with Gasteiger partial charge in [-0.1, -0.05) is 38.9 Å². The summed E-state index contributed by atoms with van der Waals surface area (Å²) in [4.78, 5) is 20.7. The van der Waals surface area contributed by atoms with E-state index < -0.39 is 0 Å². The lowest BCUT2D eigenvalue weighted by atomic mass is 9.71. The Kier molecular flexibility index (Phi) is 7.64. The predicted molar refractivity (Wildman–Crippen MR) is 164 cm³/mol. The average Bonchev–Trinajstić information content (AvgIpc) is 3.72. The second-order valence-electron chi connectivity index (χ2n) is 12.9. The van der Waals surface area contributed by atoms with E-state index >= 15 is 0 Å². The molecule has 2 aliphatic carbocycles. The summed E-state index contributed by atoms with van der Waals surface area (Å²) in [6.45, 7) is 9.94. The molecule has 1 amide bonds. The Balaban J connectivity index is 1.34. The number of aromatic nitrogens is 6. The first kappa shape index (κ1) is 28.2. The maximum Gasteiger partial charge on any atom is 0.270 e. The molecule has 2 aromatic carbocycles. The van der Waals surface area contributed by atoms with Gasteiger partial charge in [0, 0.05) is 24.7 Å². The number of carbonyl (C=O) groups excluding carboxylic acids is 1. The maximum absolute atomic E-state index is 12.9. The zero-order valence-corrected chi connectivity index (χ0v) is 25.4. The molecule has 2 aromatic heterocycles. The molecule has 0 bridgehead atoms. The van der Waals surface area contributed by atoms with Crippen molar-refractivity contribution in [3.05, 3.63) is 53.1 Å². The number of hydrogen-bond acceptors (Lipinski definition) is 7. The van der Waals surface area contributed by atoms with Crippen molar-refractivity contribution in [2.45, 2.75) is 84.7 Å². The van der Waals surface area contributed by atoms with Crippen LogP contribution in [0.15, 0.2) is 36.4 Å². The van der Waals surface area contributed by atoms with Gasteiger partial charge in [-0.15, -0.1) is 5.10 Å². The minimum Gasteiger partial charge on any atom is -0.494 e. The van der Waals surface area contributed by atoms with Crippen LogP contribution in [0, 0.1) is 11.3 Å². The lowest BCUT2D eigenvalue weighted by Crippen LogP contribution is -2.43. The van der Waals surface area contributed by atoms with Gasteiger partial charge in [-0.25, -0.2) is 4.98 Å². The summed E-state index contributed by atoms with van der Waals surface area (Å²) in [5.41, 5.74) is 5.47. The van der Waals surface area contributed by atoms with Gasteiger partial charge >= 0.3 is 0 Å². The van der Waals surface area contributed by atoms with E-state index in [-0.39, 0.29) is 17.9 Å². The molecule has 222 valence electrons. The van der Waals surface area contributed by atoms with Crippen LogP contribution in [0.3, 0.4) is 0 Å². The lowest BCUT2D eigenvalue weighted by Gasteiger charge is -2.44. The highest BCUT2D eigenvalue weighted by atomic mass is 16.5. The van der Waals surface area contributed by atoms with Crippen molar-refractivity contribution in [3.63, 3.8) is 0 Å².